The highest BCUT2D eigenvalue weighted by Gasteiger charge is 2.14. The van der Waals surface area contributed by atoms with E-state index in [-0.39, 0.29) is 0 Å². The van der Waals surface area contributed by atoms with E-state index in [9.17, 15) is 0 Å². The lowest BCUT2D eigenvalue weighted by Gasteiger charge is -1.93. The van der Waals surface area contributed by atoms with Crippen LogP contribution in [0, 0.1) is 6.92 Å². The zero-order valence-electron chi connectivity index (χ0n) is 13.2. The number of hydrogen-bond donors (Lipinski definition) is 1. The van der Waals surface area contributed by atoms with Gasteiger partial charge in [0, 0.05) is 11.1 Å². The van der Waals surface area contributed by atoms with Gasteiger partial charge in [-0.1, -0.05) is 31.5 Å². The van der Waals surface area contributed by atoms with Gasteiger partial charge < -0.3 is 13.8 Å². The van der Waals surface area contributed by atoms with Crippen molar-refractivity contribution in [2.24, 2.45) is 0 Å². The Hall–Kier alpha value is -2.75. The number of rotatable bonds is 4. The summed E-state index contributed by atoms with van der Waals surface area (Å²) in [7, 11) is 0. The lowest BCUT2D eigenvalue weighted by Crippen LogP contribution is -1.85. The van der Waals surface area contributed by atoms with Gasteiger partial charge in [0.05, 0.1) is 5.69 Å². The molecule has 4 nitrogen and oxygen atoms in total. The van der Waals surface area contributed by atoms with Crippen molar-refractivity contribution in [1.82, 2.24) is 9.97 Å². The molecule has 0 radical (unpaired) electrons. The van der Waals surface area contributed by atoms with Crippen LogP contribution in [0.3, 0.4) is 0 Å². The highest BCUT2D eigenvalue weighted by Crippen LogP contribution is 2.31. The number of aromatic nitrogens is 2. The zero-order valence-corrected chi connectivity index (χ0v) is 13.2. The lowest BCUT2D eigenvalue weighted by molar-refractivity contribution is 0.549. The molecular weight excluding hydrogens is 288 g/mol. The van der Waals surface area contributed by atoms with E-state index >= 15 is 0 Å². The molecule has 0 fully saturated rings. The Morgan fingerprint density at radius 3 is 2.65 bits per heavy atom. The summed E-state index contributed by atoms with van der Waals surface area (Å²) in [5, 5.41) is 1.07. The summed E-state index contributed by atoms with van der Waals surface area (Å²) < 4.78 is 11.8. The average Bonchev–Trinajstić information content (AvgIpc) is 3.25. The Labute approximate surface area is 134 Å². The Morgan fingerprint density at radius 1 is 1.00 bits per heavy atom. The highest BCUT2D eigenvalue weighted by atomic mass is 16.4. The molecule has 4 rings (SSSR count). The van der Waals surface area contributed by atoms with Crippen LogP contribution in [0.4, 0.5) is 0 Å². The van der Waals surface area contributed by atoms with Crippen LogP contribution >= 0.6 is 0 Å². The molecule has 0 amide bonds. The molecule has 0 aliphatic carbocycles. The van der Waals surface area contributed by atoms with E-state index in [0.717, 1.165) is 46.8 Å². The summed E-state index contributed by atoms with van der Waals surface area (Å²) in [5.74, 6) is 2.94. The Bertz CT molecular complexity index is 926. The predicted molar refractivity (Wildman–Crippen MR) is 90.2 cm³/mol. The van der Waals surface area contributed by atoms with Gasteiger partial charge >= 0.3 is 0 Å². The topological polar surface area (TPSA) is 55.0 Å². The fourth-order valence-corrected chi connectivity index (χ4v) is 2.81. The van der Waals surface area contributed by atoms with Crippen LogP contribution in [-0.2, 0) is 6.42 Å². The molecule has 0 aliphatic heterocycles. The molecule has 0 saturated carbocycles. The Balaban J connectivity index is 1.69. The molecule has 0 unspecified atom stereocenters. The number of imidazole rings is 1. The van der Waals surface area contributed by atoms with Gasteiger partial charge in [-0.3, -0.25) is 0 Å². The van der Waals surface area contributed by atoms with Crippen molar-refractivity contribution in [3.05, 3.63) is 53.9 Å². The molecule has 3 heterocycles. The SMILES string of the molecule is CCCc1[nH]c(-c2ccc(-c3cc4ccccc4o3)o2)nc1C. The number of fused-ring (bicyclic) bond motifs is 1. The lowest BCUT2D eigenvalue weighted by atomic mass is 10.2. The fourth-order valence-electron chi connectivity index (χ4n) is 2.81. The molecule has 1 aromatic carbocycles. The smallest absolute Gasteiger partial charge is 0.174 e. The molecule has 4 aromatic rings. The minimum Gasteiger partial charge on any atom is -0.453 e. The fraction of sp³-hybridized carbons (Fsp3) is 0.211. The zero-order chi connectivity index (χ0) is 15.8. The maximum Gasteiger partial charge on any atom is 0.174 e. The van der Waals surface area contributed by atoms with Crippen molar-refractivity contribution in [3.63, 3.8) is 0 Å². The third-order valence-electron chi connectivity index (χ3n) is 3.99. The molecule has 0 saturated heterocycles. The number of aryl methyl sites for hydroxylation is 2. The van der Waals surface area contributed by atoms with Crippen molar-refractivity contribution in [1.29, 1.82) is 0 Å². The van der Waals surface area contributed by atoms with Crippen LogP contribution < -0.4 is 0 Å². The number of benzene rings is 1. The number of furan rings is 2. The molecule has 4 heteroatoms. The molecule has 1 N–H and O–H groups in total. The second-order valence-electron chi connectivity index (χ2n) is 5.71. The minimum absolute atomic E-state index is 0.710. The first-order chi connectivity index (χ1) is 11.2. The number of para-hydroxylation sites is 1. The van der Waals surface area contributed by atoms with Gasteiger partial charge in [-0.15, -0.1) is 0 Å². The van der Waals surface area contributed by atoms with Gasteiger partial charge in [0.25, 0.3) is 0 Å². The van der Waals surface area contributed by atoms with Gasteiger partial charge in [0.15, 0.2) is 23.1 Å². The third kappa shape index (κ3) is 2.46. The summed E-state index contributed by atoms with van der Waals surface area (Å²) in [4.78, 5) is 7.92. The molecular formula is C19H18N2O2. The minimum atomic E-state index is 0.710. The van der Waals surface area contributed by atoms with Gasteiger partial charge in [0.1, 0.15) is 5.58 Å². The molecule has 0 bridgehead atoms. The largest absolute Gasteiger partial charge is 0.453 e. The first-order valence-electron chi connectivity index (χ1n) is 7.89. The van der Waals surface area contributed by atoms with Crippen LogP contribution in [0.5, 0.6) is 0 Å². The number of hydrogen-bond acceptors (Lipinski definition) is 3. The van der Waals surface area contributed by atoms with Crippen LogP contribution in [0.2, 0.25) is 0 Å². The van der Waals surface area contributed by atoms with Crippen LogP contribution in [0.1, 0.15) is 24.7 Å². The van der Waals surface area contributed by atoms with E-state index in [1.165, 1.54) is 5.69 Å². The first-order valence-corrected chi connectivity index (χ1v) is 7.89. The van der Waals surface area contributed by atoms with Crippen LogP contribution in [0.25, 0.3) is 34.1 Å². The van der Waals surface area contributed by atoms with Gasteiger partial charge in [-0.2, -0.15) is 0 Å². The predicted octanol–water partition coefficient (Wildman–Crippen LogP) is 5.34. The normalized spacial score (nSPS) is 11.4. The van der Waals surface area contributed by atoms with Gasteiger partial charge in [-0.05, 0) is 37.6 Å². The van der Waals surface area contributed by atoms with Crippen molar-refractivity contribution < 1.29 is 8.83 Å². The highest BCUT2D eigenvalue weighted by molar-refractivity contribution is 5.82. The van der Waals surface area contributed by atoms with Crippen molar-refractivity contribution in [2.45, 2.75) is 26.7 Å². The van der Waals surface area contributed by atoms with Crippen molar-refractivity contribution >= 4 is 11.0 Å². The molecule has 0 spiro atoms. The summed E-state index contributed by atoms with van der Waals surface area (Å²) in [6.45, 7) is 4.18. The van der Waals surface area contributed by atoms with E-state index in [1.54, 1.807) is 0 Å². The van der Waals surface area contributed by atoms with E-state index in [2.05, 4.69) is 16.9 Å². The molecule has 116 valence electrons. The number of H-pyrrole nitrogens is 1. The van der Waals surface area contributed by atoms with Gasteiger partial charge in [0.2, 0.25) is 0 Å². The quantitative estimate of drug-likeness (QED) is 0.553. The molecule has 0 aliphatic rings. The molecule has 0 atom stereocenters. The van der Waals surface area contributed by atoms with E-state index in [1.807, 2.05) is 49.4 Å². The maximum atomic E-state index is 5.94. The second-order valence-corrected chi connectivity index (χ2v) is 5.71. The van der Waals surface area contributed by atoms with E-state index in [0.29, 0.717) is 5.76 Å². The van der Waals surface area contributed by atoms with E-state index in [4.69, 9.17) is 8.83 Å². The van der Waals surface area contributed by atoms with Gasteiger partial charge in [-0.25, -0.2) is 4.98 Å². The summed E-state index contributed by atoms with van der Waals surface area (Å²) >= 11 is 0. The number of nitrogens with one attached hydrogen (secondary N) is 1. The monoisotopic (exact) mass is 306 g/mol. The summed E-state index contributed by atoms with van der Waals surface area (Å²) in [5.41, 5.74) is 3.06. The number of aromatic amines is 1. The first kappa shape index (κ1) is 13.9. The number of nitrogens with zero attached hydrogens (tertiary/aromatic N) is 1. The van der Waals surface area contributed by atoms with Crippen molar-refractivity contribution in [3.8, 4) is 23.1 Å². The maximum absolute atomic E-state index is 5.94. The Morgan fingerprint density at radius 2 is 1.83 bits per heavy atom. The van der Waals surface area contributed by atoms with Crippen LogP contribution in [-0.4, -0.2) is 9.97 Å². The summed E-state index contributed by atoms with van der Waals surface area (Å²) in [6, 6.07) is 13.8. The molecule has 3 aromatic heterocycles. The van der Waals surface area contributed by atoms with Crippen LogP contribution in [0.15, 0.2) is 51.3 Å². The average molecular weight is 306 g/mol. The molecule has 23 heavy (non-hydrogen) atoms. The standard InChI is InChI=1S/C19H18N2O2/c1-3-6-14-12(2)20-19(21-14)17-10-9-16(23-17)18-11-13-7-4-5-8-15(13)22-18/h4-5,7-11H,3,6H2,1-2H3,(H,20,21). The Kier molecular flexibility index (Phi) is 3.30. The summed E-state index contributed by atoms with van der Waals surface area (Å²) in [6.07, 6.45) is 2.08. The van der Waals surface area contributed by atoms with Crippen molar-refractivity contribution in [2.75, 3.05) is 0 Å². The van der Waals surface area contributed by atoms with E-state index < -0.39 is 0 Å². The third-order valence-corrected chi connectivity index (χ3v) is 3.99. The second kappa shape index (κ2) is 5.47.